The predicted octanol–water partition coefficient (Wildman–Crippen LogP) is 1.21. The molecule has 5 heteroatoms. The predicted molar refractivity (Wildman–Crippen MR) is 71.4 cm³/mol. The Bertz CT molecular complexity index is 430. The smallest absolute Gasteiger partial charge is 0.250 e. The highest BCUT2D eigenvalue weighted by atomic mass is 16.5. The molecule has 0 heterocycles. The first kappa shape index (κ1) is 12.7. The van der Waals surface area contributed by atoms with Crippen molar-refractivity contribution in [1.82, 2.24) is 0 Å². The van der Waals surface area contributed by atoms with E-state index in [0.29, 0.717) is 30.1 Å². The van der Waals surface area contributed by atoms with Crippen molar-refractivity contribution in [3.05, 3.63) is 23.8 Å². The highest BCUT2D eigenvalue weighted by Crippen LogP contribution is 2.28. The second-order valence-electron chi connectivity index (χ2n) is 4.61. The van der Waals surface area contributed by atoms with E-state index in [1.807, 2.05) is 0 Å². The van der Waals surface area contributed by atoms with Gasteiger partial charge in [-0.3, -0.25) is 4.79 Å². The Balaban J connectivity index is 1.82. The van der Waals surface area contributed by atoms with Gasteiger partial charge >= 0.3 is 0 Å². The topological polar surface area (TPSA) is 90.4 Å². The van der Waals surface area contributed by atoms with E-state index in [9.17, 15) is 4.79 Å². The molecule has 1 aliphatic rings. The lowest BCUT2D eigenvalue weighted by Crippen LogP contribution is -2.17. The van der Waals surface area contributed by atoms with Crippen LogP contribution in [0, 0.1) is 5.92 Å². The molecule has 0 bridgehead atoms. The van der Waals surface area contributed by atoms with Gasteiger partial charge in [0.15, 0.2) is 0 Å². The Hall–Kier alpha value is -1.75. The van der Waals surface area contributed by atoms with Crippen molar-refractivity contribution >= 4 is 17.3 Å². The number of nitrogen functional groups attached to an aromatic ring is 1. The number of nitrogens with two attached hydrogens (primary N) is 2. The zero-order chi connectivity index (χ0) is 13.0. The lowest BCUT2D eigenvalue weighted by molar-refractivity contribution is 0.100. The van der Waals surface area contributed by atoms with Crippen LogP contribution in [0.3, 0.4) is 0 Å². The summed E-state index contributed by atoms with van der Waals surface area (Å²) in [5.41, 5.74) is 12.7. The second-order valence-corrected chi connectivity index (χ2v) is 4.61. The molecule has 18 heavy (non-hydrogen) atoms. The first-order valence-electron chi connectivity index (χ1n) is 6.18. The van der Waals surface area contributed by atoms with E-state index in [0.717, 1.165) is 12.5 Å². The molecule has 1 fully saturated rings. The molecular weight excluding hydrogens is 230 g/mol. The quantitative estimate of drug-likeness (QED) is 0.500. The van der Waals surface area contributed by atoms with Crippen LogP contribution in [0.15, 0.2) is 18.2 Å². The highest BCUT2D eigenvalue weighted by molar-refractivity contribution is 5.99. The van der Waals surface area contributed by atoms with Crippen LogP contribution in [0.25, 0.3) is 0 Å². The van der Waals surface area contributed by atoms with E-state index in [4.69, 9.17) is 16.2 Å². The van der Waals surface area contributed by atoms with E-state index in [1.54, 1.807) is 18.2 Å². The highest BCUT2D eigenvalue weighted by Gasteiger charge is 2.20. The molecule has 5 N–H and O–H groups in total. The molecule has 98 valence electrons. The second kappa shape index (κ2) is 5.73. The van der Waals surface area contributed by atoms with Gasteiger partial charge in [0.25, 0.3) is 5.91 Å². The number of amides is 1. The fourth-order valence-electron chi connectivity index (χ4n) is 1.72. The van der Waals surface area contributed by atoms with Gasteiger partial charge in [-0.1, -0.05) is 0 Å². The molecule has 5 nitrogen and oxygen atoms in total. The van der Waals surface area contributed by atoms with Gasteiger partial charge in [0.1, 0.15) is 0 Å². The van der Waals surface area contributed by atoms with Gasteiger partial charge in [-0.2, -0.15) is 0 Å². The molecule has 1 saturated carbocycles. The molecule has 0 aromatic heterocycles. The summed E-state index contributed by atoms with van der Waals surface area (Å²) in [4.78, 5) is 11.2. The summed E-state index contributed by atoms with van der Waals surface area (Å²) in [6, 6.07) is 5.00. The minimum Gasteiger partial charge on any atom is -0.399 e. The molecule has 0 saturated heterocycles. The summed E-state index contributed by atoms with van der Waals surface area (Å²) < 4.78 is 5.50. The number of benzene rings is 1. The summed E-state index contributed by atoms with van der Waals surface area (Å²) in [6.07, 6.45) is 2.57. The number of ether oxygens (including phenoxy) is 1. The van der Waals surface area contributed by atoms with Crippen molar-refractivity contribution in [2.24, 2.45) is 11.7 Å². The minimum atomic E-state index is -0.462. The summed E-state index contributed by atoms with van der Waals surface area (Å²) in [5.74, 6) is 0.301. The van der Waals surface area contributed by atoms with Crippen molar-refractivity contribution in [2.75, 3.05) is 30.8 Å². The standard InChI is InChI=1S/C13H19N3O2/c14-10-3-4-11(13(15)17)12(7-10)16-5-6-18-8-9-1-2-9/h3-4,7,9,16H,1-2,5-6,8,14H2,(H2,15,17). The molecule has 0 spiro atoms. The van der Waals surface area contributed by atoms with Gasteiger partial charge in [-0.05, 0) is 37.0 Å². The van der Waals surface area contributed by atoms with Crippen LogP contribution in [-0.4, -0.2) is 25.7 Å². The molecule has 1 aromatic carbocycles. The number of primary amides is 1. The molecule has 0 unspecified atom stereocenters. The maximum Gasteiger partial charge on any atom is 0.250 e. The molecule has 0 radical (unpaired) electrons. The molecule has 1 amide bonds. The van der Waals surface area contributed by atoms with Gasteiger partial charge in [-0.25, -0.2) is 0 Å². The monoisotopic (exact) mass is 249 g/mol. The fourth-order valence-corrected chi connectivity index (χ4v) is 1.72. The van der Waals surface area contributed by atoms with Gasteiger partial charge in [-0.15, -0.1) is 0 Å². The third-order valence-corrected chi connectivity index (χ3v) is 2.92. The van der Waals surface area contributed by atoms with E-state index in [2.05, 4.69) is 5.32 Å². The molecule has 0 atom stereocenters. The average Bonchev–Trinajstić information content (AvgIpc) is 3.12. The van der Waals surface area contributed by atoms with Crippen molar-refractivity contribution in [3.8, 4) is 0 Å². The largest absolute Gasteiger partial charge is 0.399 e. The van der Waals surface area contributed by atoms with Crippen LogP contribution in [0.2, 0.25) is 0 Å². The van der Waals surface area contributed by atoms with Gasteiger partial charge in [0, 0.05) is 24.5 Å². The Morgan fingerprint density at radius 1 is 1.44 bits per heavy atom. The lowest BCUT2D eigenvalue weighted by Gasteiger charge is -2.11. The Morgan fingerprint density at radius 3 is 2.89 bits per heavy atom. The van der Waals surface area contributed by atoms with Crippen molar-refractivity contribution in [3.63, 3.8) is 0 Å². The summed E-state index contributed by atoms with van der Waals surface area (Å²) >= 11 is 0. The summed E-state index contributed by atoms with van der Waals surface area (Å²) in [7, 11) is 0. The normalized spacial score (nSPS) is 14.4. The average molecular weight is 249 g/mol. The van der Waals surface area contributed by atoms with Crippen LogP contribution in [0.5, 0.6) is 0 Å². The van der Waals surface area contributed by atoms with Crippen LogP contribution >= 0.6 is 0 Å². The molecule has 1 aromatic rings. The summed E-state index contributed by atoms with van der Waals surface area (Å²) in [5, 5.41) is 3.12. The number of carbonyl (C=O) groups excluding carboxylic acids is 1. The Kier molecular flexibility index (Phi) is 4.04. The third kappa shape index (κ3) is 3.63. The van der Waals surface area contributed by atoms with Crippen LogP contribution in [0.1, 0.15) is 23.2 Å². The van der Waals surface area contributed by atoms with E-state index >= 15 is 0 Å². The molecular formula is C13H19N3O2. The SMILES string of the molecule is NC(=O)c1ccc(N)cc1NCCOCC1CC1. The van der Waals surface area contributed by atoms with E-state index in [1.165, 1.54) is 12.8 Å². The fraction of sp³-hybridized carbons (Fsp3) is 0.462. The van der Waals surface area contributed by atoms with Gasteiger partial charge in [0.05, 0.1) is 12.2 Å². The van der Waals surface area contributed by atoms with E-state index in [-0.39, 0.29) is 0 Å². The first-order valence-corrected chi connectivity index (χ1v) is 6.18. The first-order chi connectivity index (χ1) is 8.66. The number of anilines is 2. The van der Waals surface area contributed by atoms with Gasteiger partial charge in [0.2, 0.25) is 0 Å². The number of carbonyl (C=O) groups is 1. The maximum absolute atomic E-state index is 11.2. The minimum absolute atomic E-state index is 0.450. The zero-order valence-corrected chi connectivity index (χ0v) is 10.3. The van der Waals surface area contributed by atoms with Crippen LogP contribution < -0.4 is 16.8 Å². The Morgan fingerprint density at radius 2 is 2.22 bits per heavy atom. The number of hydrogen-bond acceptors (Lipinski definition) is 4. The molecule has 0 aliphatic heterocycles. The molecule has 1 aliphatic carbocycles. The Labute approximate surface area is 106 Å². The van der Waals surface area contributed by atoms with Crippen LogP contribution in [-0.2, 0) is 4.74 Å². The van der Waals surface area contributed by atoms with Crippen LogP contribution in [0.4, 0.5) is 11.4 Å². The van der Waals surface area contributed by atoms with E-state index < -0.39 is 5.91 Å². The zero-order valence-electron chi connectivity index (χ0n) is 10.3. The third-order valence-electron chi connectivity index (χ3n) is 2.92. The van der Waals surface area contributed by atoms with Gasteiger partial charge < -0.3 is 21.5 Å². The number of hydrogen-bond donors (Lipinski definition) is 3. The van der Waals surface area contributed by atoms with Crippen molar-refractivity contribution < 1.29 is 9.53 Å². The van der Waals surface area contributed by atoms with Crippen molar-refractivity contribution in [1.29, 1.82) is 0 Å². The lowest BCUT2D eigenvalue weighted by atomic mass is 10.1. The number of nitrogens with one attached hydrogen (secondary N) is 1. The maximum atomic E-state index is 11.2. The summed E-state index contributed by atoms with van der Waals surface area (Å²) in [6.45, 7) is 2.08. The van der Waals surface area contributed by atoms with Crippen molar-refractivity contribution in [2.45, 2.75) is 12.8 Å². The number of rotatable bonds is 7. The molecule has 2 rings (SSSR count).